The molecule has 2 heterocycles. The average Bonchev–Trinajstić information content (AvgIpc) is 3.03. The lowest BCUT2D eigenvalue weighted by atomic mass is 9.95. The number of benzene rings is 1. The van der Waals surface area contributed by atoms with E-state index in [1.165, 1.54) is 4.90 Å². The highest BCUT2D eigenvalue weighted by Crippen LogP contribution is 2.41. The summed E-state index contributed by atoms with van der Waals surface area (Å²) in [5, 5.41) is 4.30. The zero-order valence-corrected chi connectivity index (χ0v) is 13.6. The van der Waals surface area contributed by atoms with Crippen LogP contribution in [0.4, 0.5) is 0 Å². The normalized spacial score (nSPS) is 17.2. The highest BCUT2D eigenvalue weighted by Gasteiger charge is 2.32. The molecule has 0 aliphatic carbocycles. The van der Waals surface area contributed by atoms with Gasteiger partial charge in [0, 0.05) is 17.2 Å². The van der Waals surface area contributed by atoms with Crippen molar-refractivity contribution in [1.29, 1.82) is 0 Å². The van der Waals surface area contributed by atoms with E-state index in [2.05, 4.69) is 40.1 Å². The number of Topliss-reactive ketones (excluding diaryl/α,β-unsaturated/α-hetero) is 1. The lowest BCUT2D eigenvalue weighted by Gasteiger charge is -2.12. The molecular formula is C15H15BrN2OS. The standard InChI is InChI=1S/C15H15BrN2OS/c1-2-7-18-14(12(16)8-17-18)15(19)11-9-20-13-6-4-3-5-10(11)13/h3-6,8,11H,2,7,9H2,1H3. The van der Waals surface area contributed by atoms with Crippen LogP contribution in [-0.4, -0.2) is 21.3 Å². The fourth-order valence-electron chi connectivity index (χ4n) is 2.53. The third-order valence-corrected chi connectivity index (χ3v) is 5.24. The van der Waals surface area contributed by atoms with Crippen LogP contribution in [0.3, 0.4) is 0 Å². The zero-order valence-electron chi connectivity index (χ0n) is 11.2. The number of aryl methyl sites for hydroxylation is 1. The fraction of sp³-hybridized carbons (Fsp3) is 0.333. The van der Waals surface area contributed by atoms with Crippen LogP contribution in [0.25, 0.3) is 0 Å². The Kier molecular flexibility index (Phi) is 3.98. The Morgan fingerprint density at radius 2 is 2.30 bits per heavy atom. The summed E-state index contributed by atoms with van der Waals surface area (Å²) in [4.78, 5) is 14.1. The number of nitrogens with zero attached hydrogens (tertiary/aromatic N) is 2. The second-order valence-electron chi connectivity index (χ2n) is 4.83. The summed E-state index contributed by atoms with van der Waals surface area (Å²) < 4.78 is 2.61. The van der Waals surface area contributed by atoms with E-state index in [-0.39, 0.29) is 11.7 Å². The number of ketones is 1. The van der Waals surface area contributed by atoms with Crippen molar-refractivity contribution in [2.75, 3.05) is 5.75 Å². The number of rotatable bonds is 4. The van der Waals surface area contributed by atoms with Gasteiger partial charge >= 0.3 is 0 Å². The van der Waals surface area contributed by atoms with Gasteiger partial charge in [-0.3, -0.25) is 9.48 Å². The zero-order chi connectivity index (χ0) is 14.1. The number of fused-ring (bicyclic) bond motifs is 1. The van der Waals surface area contributed by atoms with Gasteiger partial charge in [0.25, 0.3) is 0 Å². The first-order valence-electron chi connectivity index (χ1n) is 6.69. The maximum Gasteiger partial charge on any atom is 0.190 e. The predicted molar refractivity (Wildman–Crippen MR) is 84.5 cm³/mol. The number of aromatic nitrogens is 2. The SMILES string of the molecule is CCCn1ncc(Br)c1C(=O)C1CSc2ccccc21. The van der Waals surface area contributed by atoms with Gasteiger partial charge in [-0.1, -0.05) is 25.1 Å². The molecule has 0 fully saturated rings. The largest absolute Gasteiger partial charge is 0.292 e. The van der Waals surface area contributed by atoms with Crippen LogP contribution in [0.15, 0.2) is 39.8 Å². The van der Waals surface area contributed by atoms with Gasteiger partial charge in [0.1, 0.15) is 5.69 Å². The second-order valence-corrected chi connectivity index (χ2v) is 6.75. The topological polar surface area (TPSA) is 34.9 Å². The molecular weight excluding hydrogens is 336 g/mol. The molecule has 104 valence electrons. The van der Waals surface area contributed by atoms with Crippen molar-refractivity contribution < 1.29 is 4.79 Å². The van der Waals surface area contributed by atoms with Gasteiger partial charge in [-0.2, -0.15) is 5.10 Å². The minimum absolute atomic E-state index is 0.0557. The Bertz CT molecular complexity index is 653. The van der Waals surface area contributed by atoms with Crippen LogP contribution in [-0.2, 0) is 6.54 Å². The maximum absolute atomic E-state index is 12.9. The van der Waals surface area contributed by atoms with Crippen molar-refractivity contribution in [3.63, 3.8) is 0 Å². The first-order chi connectivity index (χ1) is 9.72. The van der Waals surface area contributed by atoms with E-state index in [9.17, 15) is 4.79 Å². The van der Waals surface area contributed by atoms with Crippen molar-refractivity contribution in [3.05, 3.63) is 46.2 Å². The second kappa shape index (κ2) is 5.74. The number of carbonyl (C=O) groups excluding carboxylic acids is 1. The van der Waals surface area contributed by atoms with E-state index in [0.29, 0.717) is 5.69 Å². The molecule has 1 unspecified atom stereocenters. The molecule has 0 amide bonds. The molecule has 3 rings (SSSR count). The molecule has 0 bridgehead atoms. The smallest absolute Gasteiger partial charge is 0.190 e. The molecule has 0 spiro atoms. The number of carbonyl (C=O) groups is 1. The van der Waals surface area contributed by atoms with E-state index in [4.69, 9.17) is 0 Å². The summed E-state index contributed by atoms with van der Waals surface area (Å²) in [6.45, 7) is 2.86. The van der Waals surface area contributed by atoms with Crippen molar-refractivity contribution in [3.8, 4) is 0 Å². The first-order valence-corrected chi connectivity index (χ1v) is 8.47. The summed E-state index contributed by atoms with van der Waals surface area (Å²) in [7, 11) is 0. The molecule has 1 aliphatic rings. The van der Waals surface area contributed by atoms with E-state index in [1.54, 1.807) is 18.0 Å². The molecule has 20 heavy (non-hydrogen) atoms. The predicted octanol–water partition coefficient (Wildman–Crippen LogP) is 4.13. The molecule has 5 heteroatoms. The molecule has 0 N–H and O–H groups in total. The van der Waals surface area contributed by atoms with E-state index in [0.717, 1.165) is 28.8 Å². The molecule has 2 aromatic rings. The Morgan fingerprint density at radius 1 is 1.50 bits per heavy atom. The van der Waals surface area contributed by atoms with Crippen molar-refractivity contribution in [2.24, 2.45) is 0 Å². The van der Waals surface area contributed by atoms with Gasteiger partial charge in [-0.15, -0.1) is 11.8 Å². The number of hydrogen-bond acceptors (Lipinski definition) is 3. The molecule has 1 aromatic carbocycles. The van der Waals surface area contributed by atoms with Gasteiger partial charge in [0.15, 0.2) is 5.78 Å². The fourth-order valence-corrected chi connectivity index (χ4v) is 4.25. The maximum atomic E-state index is 12.9. The number of thioether (sulfide) groups is 1. The monoisotopic (exact) mass is 350 g/mol. The molecule has 0 saturated carbocycles. The summed E-state index contributed by atoms with van der Waals surface area (Å²) >= 11 is 5.22. The van der Waals surface area contributed by atoms with Crippen molar-refractivity contribution >= 4 is 33.5 Å². The van der Waals surface area contributed by atoms with E-state index < -0.39 is 0 Å². The van der Waals surface area contributed by atoms with Gasteiger partial charge in [0.2, 0.25) is 0 Å². The summed E-state index contributed by atoms with van der Waals surface area (Å²) in [5.41, 5.74) is 1.85. The van der Waals surface area contributed by atoms with E-state index in [1.807, 2.05) is 16.8 Å². The van der Waals surface area contributed by atoms with E-state index >= 15 is 0 Å². The van der Waals surface area contributed by atoms with Gasteiger partial charge in [-0.25, -0.2) is 0 Å². The molecule has 1 atom stereocenters. The van der Waals surface area contributed by atoms with Crippen molar-refractivity contribution in [2.45, 2.75) is 30.7 Å². The van der Waals surface area contributed by atoms with Crippen LogP contribution < -0.4 is 0 Å². The van der Waals surface area contributed by atoms with Gasteiger partial charge in [-0.05, 0) is 34.0 Å². The highest BCUT2D eigenvalue weighted by molar-refractivity contribution is 9.10. The van der Waals surface area contributed by atoms with Crippen LogP contribution in [0.1, 0.15) is 35.3 Å². The Labute approximate surface area is 130 Å². The first kappa shape index (κ1) is 13.9. The lowest BCUT2D eigenvalue weighted by molar-refractivity contribution is 0.0956. The highest BCUT2D eigenvalue weighted by atomic mass is 79.9. The van der Waals surface area contributed by atoms with Crippen LogP contribution in [0.2, 0.25) is 0 Å². The van der Waals surface area contributed by atoms with Crippen LogP contribution >= 0.6 is 27.7 Å². The molecule has 3 nitrogen and oxygen atoms in total. The number of halogens is 1. The van der Waals surface area contributed by atoms with Crippen LogP contribution in [0, 0.1) is 0 Å². The third-order valence-electron chi connectivity index (χ3n) is 3.48. The Morgan fingerprint density at radius 3 is 3.10 bits per heavy atom. The Balaban J connectivity index is 1.97. The third kappa shape index (κ3) is 2.33. The van der Waals surface area contributed by atoms with Crippen molar-refractivity contribution in [1.82, 2.24) is 9.78 Å². The summed E-state index contributed by atoms with van der Waals surface area (Å²) in [5.74, 6) is 0.933. The van der Waals surface area contributed by atoms with Gasteiger partial charge < -0.3 is 0 Å². The Hall–Kier alpha value is -1.07. The molecule has 1 aliphatic heterocycles. The molecule has 0 radical (unpaired) electrons. The lowest BCUT2D eigenvalue weighted by Crippen LogP contribution is -2.18. The average molecular weight is 351 g/mol. The minimum Gasteiger partial charge on any atom is -0.292 e. The summed E-state index contributed by atoms with van der Waals surface area (Å²) in [6, 6.07) is 8.18. The number of hydrogen-bond donors (Lipinski definition) is 0. The molecule has 0 saturated heterocycles. The quantitative estimate of drug-likeness (QED) is 0.777. The molecule has 1 aromatic heterocycles. The van der Waals surface area contributed by atoms with Crippen LogP contribution in [0.5, 0.6) is 0 Å². The minimum atomic E-state index is -0.0557. The summed E-state index contributed by atoms with van der Waals surface area (Å²) in [6.07, 6.45) is 2.68. The van der Waals surface area contributed by atoms with Gasteiger partial charge in [0.05, 0.1) is 16.6 Å².